The summed E-state index contributed by atoms with van der Waals surface area (Å²) in [5.74, 6) is -4.08. The number of esters is 4. The summed E-state index contributed by atoms with van der Waals surface area (Å²) >= 11 is 0. The van der Waals surface area contributed by atoms with Crippen LogP contribution in [0.3, 0.4) is 0 Å². The molecule has 1 heterocycles. The van der Waals surface area contributed by atoms with Crippen LogP contribution in [0.25, 0.3) is 0 Å². The summed E-state index contributed by atoms with van der Waals surface area (Å²) < 4.78 is 39.6. The van der Waals surface area contributed by atoms with Crippen molar-refractivity contribution in [1.29, 1.82) is 0 Å². The molecule has 8 heteroatoms. The minimum absolute atomic E-state index is 0.449. The third-order valence-electron chi connectivity index (χ3n) is 2.10. The smallest absolute Gasteiger partial charge is 0.351 e. The van der Waals surface area contributed by atoms with Gasteiger partial charge in [0.15, 0.2) is 12.2 Å². The molecule has 0 amide bonds. The Kier molecular flexibility index (Phi) is 3.50. The van der Waals surface area contributed by atoms with Crippen LogP contribution in [0.5, 0.6) is 0 Å². The molecule has 0 spiro atoms. The number of hydrogen-bond donors (Lipinski definition) is 0. The second kappa shape index (κ2) is 6.17. The van der Waals surface area contributed by atoms with Crippen LogP contribution in [0.4, 0.5) is 0 Å². The summed E-state index contributed by atoms with van der Waals surface area (Å²) in [6.07, 6.45) is -4.47. The molecule has 1 aliphatic rings. The summed E-state index contributed by atoms with van der Waals surface area (Å²) in [7, 11) is 0. The van der Waals surface area contributed by atoms with Crippen LogP contribution in [0, 0.1) is 0 Å². The summed E-state index contributed by atoms with van der Waals surface area (Å²) in [4.78, 5) is 45.3. The molecule has 0 bridgehead atoms. The summed E-state index contributed by atoms with van der Waals surface area (Å²) in [5, 5.41) is 0. The van der Waals surface area contributed by atoms with Crippen molar-refractivity contribution in [2.45, 2.75) is 39.0 Å². The third-order valence-corrected chi connectivity index (χ3v) is 2.10. The molecule has 1 saturated heterocycles. The van der Waals surface area contributed by atoms with E-state index < -0.39 is 69.5 Å². The van der Waals surface area contributed by atoms with Crippen molar-refractivity contribution in [2.24, 2.45) is 0 Å². The first-order valence-corrected chi connectivity index (χ1v) is 5.05. The highest BCUT2D eigenvalue weighted by Gasteiger charge is 2.47. The number of hydrogen-bond acceptors (Lipinski definition) is 8. The van der Waals surface area contributed by atoms with Crippen LogP contribution < -0.4 is 0 Å². The Bertz CT molecular complexity index is 455. The van der Waals surface area contributed by atoms with Crippen molar-refractivity contribution in [2.75, 3.05) is 6.61 Å². The highest BCUT2D eigenvalue weighted by atomic mass is 16.7. The van der Waals surface area contributed by atoms with Gasteiger partial charge in [-0.2, -0.15) is 0 Å². The molecule has 1 aliphatic heterocycles. The zero-order valence-electron chi connectivity index (χ0n) is 12.8. The number of rotatable bonds is 3. The van der Waals surface area contributed by atoms with Gasteiger partial charge in [-0.1, -0.05) is 0 Å². The van der Waals surface area contributed by atoms with E-state index in [0.29, 0.717) is 0 Å². The summed E-state index contributed by atoms with van der Waals surface area (Å²) in [6.45, 7) is -2.69. The number of carbonyl (C=O) groups is 4. The highest BCUT2D eigenvalue weighted by Crippen LogP contribution is 2.20. The molecule has 0 aromatic rings. The minimum atomic E-state index is -1.70. The molecule has 106 valence electrons. The zero-order chi connectivity index (χ0) is 16.7. The highest BCUT2D eigenvalue weighted by molar-refractivity contribution is 5.81. The van der Waals surface area contributed by atoms with E-state index in [1.54, 1.807) is 0 Å². The SMILES string of the molecule is [2H]CC(=O)O[C@H]1[C@H](OC(=O)C[2H])COC(=O)[C@@H]1OC(=O)C[2H]. The Morgan fingerprint density at radius 2 is 1.68 bits per heavy atom. The molecule has 0 radical (unpaired) electrons. The van der Waals surface area contributed by atoms with E-state index in [2.05, 4.69) is 9.47 Å². The lowest BCUT2D eigenvalue weighted by Crippen LogP contribution is -2.55. The van der Waals surface area contributed by atoms with Crippen LogP contribution in [0.1, 0.15) is 24.8 Å². The molecule has 8 nitrogen and oxygen atoms in total. The third kappa shape index (κ3) is 4.23. The predicted octanol–water partition coefficient (Wildman–Crippen LogP) is -0.662. The van der Waals surface area contributed by atoms with Crippen molar-refractivity contribution < 1.29 is 42.2 Å². The van der Waals surface area contributed by atoms with Gasteiger partial charge in [0.1, 0.15) is 6.61 Å². The van der Waals surface area contributed by atoms with E-state index in [-0.39, 0.29) is 0 Å². The zero-order valence-corrected chi connectivity index (χ0v) is 9.83. The Labute approximate surface area is 113 Å². The van der Waals surface area contributed by atoms with Gasteiger partial charge in [0.05, 0.1) is 0 Å². The number of cyclic esters (lactones) is 1. The minimum Gasteiger partial charge on any atom is -0.459 e. The molecule has 0 aliphatic carbocycles. The Morgan fingerprint density at radius 1 is 1.11 bits per heavy atom. The van der Waals surface area contributed by atoms with Gasteiger partial charge in [-0.3, -0.25) is 14.4 Å². The van der Waals surface area contributed by atoms with Gasteiger partial charge in [0.2, 0.25) is 6.10 Å². The van der Waals surface area contributed by atoms with Crippen LogP contribution in [-0.4, -0.2) is 48.8 Å². The molecular formula is C11H14O8. The molecule has 19 heavy (non-hydrogen) atoms. The quantitative estimate of drug-likeness (QED) is 0.494. The maximum Gasteiger partial charge on any atom is 0.351 e. The van der Waals surface area contributed by atoms with E-state index in [1.165, 1.54) is 0 Å². The first-order chi connectivity index (χ1) is 10.4. The van der Waals surface area contributed by atoms with Crippen LogP contribution in [0.2, 0.25) is 0 Å². The van der Waals surface area contributed by atoms with E-state index in [1.807, 2.05) is 0 Å². The fraction of sp³-hybridized carbons (Fsp3) is 0.636. The topological polar surface area (TPSA) is 105 Å². The van der Waals surface area contributed by atoms with E-state index >= 15 is 0 Å². The largest absolute Gasteiger partial charge is 0.459 e. The van der Waals surface area contributed by atoms with Crippen molar-refractivity contribution >= 4 is 23.9 Å². The Balaban J connectivity index is 2.95. The molecule has 0 aromatic heterocycles. The van der Waals surface area contributed by atoms with Crippen LogP contribution in [-0.2, 0) is 38.1 Å². The van der Waals surface area contributed by atoms with Crippen molar-refractivity contribution in [1.82, 2.24) is 0 Å². The number of ether oxygens (including phenoxy) is 4. The molecule has 1 fully saturated rings. The number of carbonyl (C=O) groups excluding carboxylic acids is 4. The van der Waals surface area contributed by atoms with Gasteiger partial charge >= 0.3 is 23.9 Å². The van der Waals surface area contributed by atoms with Gasteiger partial charge in [0, 0.05) is 24.8 Å². The van der Waals surface area contributed by atoms with Crippen molar-refractivity contribution in [3.05, 3.63) is 0 Å². The second-order valence-corrected chi connectivity index (χ2v) is 3.52. The lowest BCUT2D eigenvalue weighted by molar-refractivity contribution is -0.212. The monoisotopic (exact) mass is 277 g/mol. The van der Waals surface area contributed by atoms with Gasteiger partial charge in [0.25, 0.3) is 0 Å². The Hall–Kier alpha value is -2.12. The van der Waals surface area contributed by atoms with Crippen molar-refractivity contribution in [3.63, 3.8) is 0 Å². The molecule has 0 aromatic carbocycles. The first kappa shape index (κ1) is 10.8. The van der Waals surface area contributed by atoms with Gasteiger partial charge in [-0.05, 0) is 0 Å². The van der Waals surface area contributed by atoms with Crippen LogP contribution in [0.15, 0.2) is 0 Å². The standard InChI is InChI=1S/C11H14O8/c1-5(12)17-8-4-16-11(15)10(19-7(3)14)9(8)18-6(2)13/h8-10H,4H2,1-3H3/t8-,9+,10-/m1/s1/i1D,2D,3D. The first-order valence-electron chi connectivity index (χ1n) is 7.17. The van der Waals surface area contributed by atoms with Gasteiger partial charge < -0.3 is 18.9 Å². The Morgan fingerprint density at radius 3 is 2.32 bits per heavy atom. The van der Waals surface area contributed by atoms with E-state index in [9.17, 15) is 19.2 Å². The van der Waals surface area contributed by atoms with Gasteiger partial charge in [-0.25, -0.2) is 4.79 Å². The molecule has 1 rings (SSSR count). The normalized spacial score (nSPS) is 28.1. The average Bonchev–Trinajstić information content (AvgIpc) is 2.52. The van der Waals surface area contributed by atoms with Crippen LogP contribution >= 0.6 is 0 Å². The maximum absolute atomic E-state index is 11.7. The van der Waals surface area contributed by atoms with E-state index in [0.717, 1.165) is 0 Å². The molecule has 3 atom stereocenters. The summed E-state index contributed by atoms with van der Waals surface area (Å²) in [6, 6.07) is 0. The predicted molar refractivity (Wildman–Crippen MR) is 57.6 cm³/mol. The molecule has 0 unspecified atom stereocenters. The maximum atomic E-state index is 11.7. The van der Waals surface area contributed by atoms with E-state index in [4.69, 9.17) is 13.6 Å². The fourth-order valence-corrected chi connectivity index (χ4v) is 1.49. The molecular weight excluding hydrogens is 260 g/mol. The molecule has 0 saturated carbocycles. The fourth-order valence-electron chi connectivity index (χ4n) is 1.49. The van der Waals surface area contributed by atoms with Gasteiger partial charge in [-0.15, -0.1) is 0 Å². The lowest BCUT2D eigenvalue weighted by Gasteiger charge is -2.34. The second-order valence-electron chi connectivity index (χ2n) is 3.52. The molecule has 0 N–H and O–H groups in total. The lowest BCUT2D eigenvalue weighted by atomic mass is 10.1. The van der Waals surface area contributed by atoms with Crippen molar-refractivity contribution in [3.8, 4) is 0 Å². The average molecular weight is 277 g/mol. The summed E-state index contributed by atoms with van der Waals surface area (Å²) in [5.41, 5.74) is 0.